The van der Waals surface area contributed by atoms with Crippen molar-refractivity contribution in [3.8, 4) is 0 Å². The Morgan fingerprint density at radius 3 is 2.19 bits per heavy atom. The molecule has 0 amide bonds. The highest BCUT2D eigenvalue weighted by Gasteiger charge is 2.20. The van der Waals surface area contributed by atoms with Gasteiger partial charge in [0.15, 0.2) is 0 Å². The van der Waals surface area contributed by atoms with Gasteiger partial charge in [-0.3, -0.25) is 9.88 Å². The van der Waals surface area contributed by atoms with Crippen LogP contribution in [0.5, 0.6) is 0 Å². The third kappa shape index (κ3) is 4.04. The second-order valence-corrected chi connectivity index (χ2v) is 9.29. The number of para-hydroxylation sites is 1. The highest BCUT2D eigenvalue weighted by Crippen LogP contribution is 2.26. The fourth-order valence-corrected chi connectivity index (χ4v) is 4.63. The molecular weight excluding hydrogens is 356 g/mol. The third-order valence-corrected chi connectivity index (χ3v) is 6.55. The van der Waals surface area contributed by atoms with Crippen molar-refractivity contribution >= 4 is 20.7 Å². The maximum atomic E-state index is 12.9. The second kappa shape index (κ2) is 7.79. The molecule has 5 heteroatoms. The van der Waals surface area contributed by atoms with Crippen molar-refractivity contribution in [2.75, 3.05) is 0 Å². The van der Waals surface area contributed by atoms with E-state index >= 15 is 0 Å². The van der Waals surface area contributed by atoms with Gasteiger partial charge < -0.3 is 0 Å². The zero-order valence-electron chi connectivity index (χ0n) is 16.3. The maximum Gasteiger partial charge on any atom is 0.208 e. The summed E-state index contributed by atoms with van der Waals surface area (Å²) in [6.45, 7) is 9.52. The van der Waals surface area contributed by atoms with Crippen molar-refractivity contribution in [2.45, 2.75) is 56.1 Å². The van der Waals surface area contributed by atoms with Gasteiger partial charge in [0.2, 0.25) is 9.84 Å². The van der Waals surface area contributed by atoms with Gasteiger partial charge in [-0.05, 0) is 51.5 Å². The molecular formula is C22H26N2O2S. The van der Waals surface area contributed by atoms with Crippen LogP contribution in [0.3, 0.4) is 0 Å². The molecule has 0 saturated heterocycles. The van der Waals surface area contributed by atoms with Crippen LogP contribution >= 0.6 is 0 Å². The van der Waals surface area contributed by atoms with E-state index in [0.717, 1.165) is 23.0 Å². The Labute approximate surface area is 161 Å². The maximum absolute atomic E-state index is 12.9. The first-order valence-electron chi connectivity index (χ1n) is 9.24. The summed E-state index contributed by atoms with van der Waals surface area (Å²) in [7, 11) is -3.57. The smallest absolute Gasteiger partial charge is 0.208 e. The monoisotopic (exact) mass is 382 g/mol. The predicted molar refractivity (Wildman–Crippen MR) is 109 cm³/mol. The van der Waals surface area contributed by atoms with Gasteiger partial charge in [-0.2, -0.15) is 0 Å². The number of pyridine rings is 1. The largest absolute Gasteiger partial charge is 0.294 e. The fourth-order valence-electron chi connectivity index (χ4n) is 3.37. The van der Waals surface area contributed by atoms with E-state index < -0.39 is 9.84 Å². The van der Waals surface area contributed by atoms with Crippen LogP contribution in [-0.4, -0.2) is 30.4 Å². The van der Waals surface area contributed by atoms with Crippen LogP contribution in [0.4, 0.5) is 0 Å². The highest BCUT2D eigenvalue weighted by molar-refractivity contribution is 7.91. The number of hydrogen-bond donors (Lipinski definition) is 0. The van der Waals surface area contributed by atoms with Crippen LogP contribution in [0.2, 0.25) is 0 Å². The Morgan fingerprint density at radius 2 is 1.56 bits per heavy atom. The van der Waals surface area contributed by atoms with Crippen molar-refractivity contribution in [3.05, 3.63) is 66.4 Å². The van der Waals surface area contributed by atoms with Crippen molar-refractivity contribution < 1.29 is 8.42 Å². The molecule has 0 radical (unpaired) electrons. The summed E-state index contributed by atoms with van der Waals surface area (Å²) < 4.78 is 25.7. The van der Waals surface area contributed by atoms with Gasteiger partial charge >= 0.3 is 0 Å². The molecule has 0 aliphatic carbocycles. The van der Waals surface area contributed by atoms with Gasteiger partial charge in [0.25, 0.3) is 0 Å². The number of aromatic nitrogens is 1. The lowest BCUT2D eigenvalue weighted by Crippen LogP contribution is -2.36. The third-order valence-electron chi connectivity index (χ3n) is 4.81. The Kier molecular flexibility index (Phi) is 5.63. The average molecular weight is 383 g/mol. The van der Waals surface area contributed by atoms with E-state index in [1.54, 1.807) is 36.4 Å². The average Bonchev–Trinajstić information content (AvgIpc) is 2.65. The first kappa shape index (κ1) is 19.5. The molecule has 0 aliphatic heterocycles. The molecule has 0 unspecified atom stereocenters. The van der Waals surface area contributed by atoms with Crippen LogP contribution in [0.15, 0.2) is 70.6 Å². The SMILES string of the molecule is CC(C)N(Cc1cccc2cc(S(=O)(=O)c3ccccc3)cnc12)C(C)C. The van der Waals surface area contributed by atoms with E-state index in [9.17, 15) is 8.42 Å². The molecule has 0 fully saturated rings. The minimum Gasteiger partial charge on any atom is -0.294 e. The normalized spacial score (nSPS) is 12.4. The van der Waals surface area contributed by atoms with Gasteiger partial charge in [-0.1, -0.05) is 36.4 Å². The molecule has 3 aromatic rings. The summed E-state index contributed by atoms with van der Waals surface area (Å²) in [6.07, 6.45) is 1.48. The number of rotatable bonds is 6. The van der Waals surface area contributed by atoms with Crippen molar-refractivity contribution in [3.63, 3.8) is 0 Å². The first-order valence-corrected chi connectivity index (χ1v) is 10.7. The van der Waals surface area contributed by atoms with Gasteiger partial charge in [-0.15, -0.1) is 0 Å². The van der Waals surface area contributed by atoms with Crippen LogP contribution in [0, 0.1) is 0 Å². The Balaban J connectivity index is 2.03. The molecule has 1 aromatic heterocycles. The summed E-state index contributed by atoms with van der Waals surface area (Å²) in [5.41, 5.74) is 1.97. The summed E-state index contributed by atoms with van der Waals surface area (Å²) in [5, 5.41) is 0.844. The van der Waals surface area contributed by atoms with Crippen molar-refractivity contribution in [2.24, 2.45) is 0 Å². The predicted octanol–water partition coefficient (Wildman–Crippen LogP) is 4.69. The van der Waals surface area contributed by atoms with Crippen LogP contribution in [0.25, 0.3) is 10.9 Å². The standard InChI is InChI=1S/C22H26N2O2S/c1-16(2)24(17(3)4)15-19-10-8-9-18-13-21(14-23-22(18)19)27(25,26)20-11-6-5-7-12-20/h5-14,16-17H,15H2,1-4H3. The lowest BCUT2D eigenvalue weighted by molar-refractivity contribution is 0.166. The highest BCUT2D eigenvalue weighted by atomic mass is 32.2. The second-order valence-electron chi connectivity index (χ2n) is 7.34. The summed E-state index contributed by atoms with van der Waals surface area (Å²) >= 11 is 0. The van der Waals surface area contributed by atoms with Crippen LogP contribution in [0.1, 0.15) is 33.3 Å². The molecule has 0 saturated carbocycles. The quantitative estimate of drug-likeness (QED) is 0.621. The van der Waals surface area contributed by atoms with E-state index in [-0.39, 0.29) is 9.79 Å². The van der Waals surface area contributed by atoms with E-state index in [1.807, 2.05) is 12.1 Å². The minimum atomic E-state index is -3.57. The molecule has 142 valence electrons. The van der Waals surface area contributed by atoms with E-state index in [2.05, 4.69) is 43.6 Å². The molecule has 2 aromatic carbocycles. The molecule has 3 rings (SSSR count). The van der Waals surface area contributed by atoms with Crippen LogP contribution in [-0.2, 0) is 16.4 Å². The van der Waals surface area contributed by atoms with Gasteiger partial charge in [-0.25, -0.2) is 8.42 Å². The van der Waals surface area contributed by atoms with E-state index in [0.29, 0.717) is 12.1 Å². The molecule has 4 nitrogen and oxygen atoms in total. The number of fused-ring (bicyclic) bond motifs is 1. The molecule has 0 aliphatic rings. The van der Waals surface area contributed by atoms with E-state index in [4.69, 9.17) is 0 Å². The molecule has 0 N–H and O–H groups in total. The topological polar surface area (TPSA) is 50.3 Å². The van der Waals surface area contributed by atoms with Gasteiger partial charge in [0, 0.05) is 30.2 Å². The lowest BCUT2D eigenvalue weighted by Gasteiger charge is -2.30. The molecule has 0 atom stereocenters. The number of sulfone groups is 1. The molecule has 1 heterocycles. The summed E-state index contributed by atoms with van der Waals surface area (Å²) in [6, 6.07) is 17.0. The number of hydrogen-bond acceptors (Lipinski definition) is 4. The zero-order valence-corrected chi connectivity index (χ0v) is 17.1. The number of nitrogens with zero attached hydrogens (tertiary/aromatic N) is 2. The Bertz CT molecular complexity index is 1020. The van der Waals surface area contributed by atoms with E-state index in [1.165, 1.54) is 6.20 Å². The first-order chi connectivity index (χ1) is 12.8. The van der Waals surface area contributed by atoms with Crippen molar-refractivity contribution in [1.82, 2.24) is 9.88 Å². The van der Waals surface area contributed by atoms with Crippen LogP contribution < -0.4 is 0 Å². The summed E-state index contributed by atoms with van der Waals surface area (Å²) in [4.78, 5) is 7.44. The minimum absolute atomic E-state index is 0.225. The lowest BCUT2D eigenvalue weighted by atomic mass is 10.1. The Hall–Kier alpha value is -2.24. The fraction of sp³-hybridized carbons (Fsp3) is 0.318. The molecule has 0 spiro atoms. The number of benzene rings is 2. The molecule has 0 bridgehead atoms. The zero-order chi connectivity index (χ0) is 19.6. The molecule has 27 heavy (non-hydrogen) atoms. The van der Waals surface area contributed by atoms with Crippen molar-refractivity contribution in [1.29, 1.82) is 0 Å². The Morgan fingerprint density at radius 1 is 0.889 bits per heavy atom. The van der Waals surface area contributed by atoms with Gasteiger partial charge in [0.1, 0.15) is 0 Å². The summed E-state index contributed by atoms with van der Waals surface area (Å²) in [5.74, 6) is 0. The van der Waals surface area contributed by atoms with Gasteiger partial charge in [0.05, 0.1) is 15.3 Å².